The maximum Gasteiger partial charge on any atom is 0.318 e. The smallest absolute Gasteiger partial charge is 0.318 e. The molecule has 0 aromatic heterocycles. The molecule has 2 unspecified atom stereocenters. The number of carbonyl (C=O) groups excluding carboxylic acids is 1. The van der Waals surface area contributed by atoms with Gasteiger partial charge in [0.1, 0.15) is 5.41 Å². The highest BCUT2D eigenvalue weighted by Gasteiger charge is 2.47. The zero-order chi connectivity index (χ0) is 8.65. The van der Waals surface area contributed by atoms with Crippen LogP contribution >= 0.6 is 0 Å². The van der Waals surface area contributed by atoms with Crippen molar-refractivity contribution < 1.29 is 14.7 Å². The quantitative estimate of drug-likeness (QED) is 0.526. The standard InChI is InChI=1S/C7H11NO3/c1-4-3-7(2,6(10)11)5(9)8-4/h4H,3H2,1-2H3,(H,8,9)(H,10,11). The number of carboxylic acids is 1. The van der Waals surface area contributed by atoms with Crippen LogP contribution in [0.1, 0.15) is 20.3 Å². The molecule has 1 amide bonds. The number of rotatable bonds is 1. The predicted octanol–water partition coefficient (Wildman–Crippen LogP) is -0.0143. The second-order valence-corrected chi connectivity index (χ2v) is 3.22. The summed E-state index contributed by atoms with van der Waals surface area (Å²) in [6, 6.07) is -0.0244. The number of amides is 1. The molecule has 62 valence electrons. The molecule has 0 bridgehead atoms. The van der Waals surface area contributed by atoms with Gasteiger partial charge in [0.15, 0.2) is 0 Å². The minimum absolute atomic E-state index is 0.0244. The van der Waals surface area contributed by atoms with Crippen LogP contribution in [0.3, 0.4) is 0 Å². The molecule has 1 rings (SSSR count). The lowest BCUT2D eigenvalue weighted by atomic mass is 9.88. The Morgan fingerprint density at radius 3 is 2.55 bits per heavy atom. The molecule has 1 aliphatic heterocycles. The second kappa shape index (κ2) is 2.22. The summed E-state index contributed by atoms with van der Waals surface area (Å²) in [7, 11) is 0. The molecule has 2 N–H and O–H groups in total. The number of aliphatic carboxylic acids is 1. The van der Waals surface area contributed by atoms with Gasteiger partial charge in [0, 0.05) is 6.04 Å². The number of carboxylic acid groups (broad SMARTS) is 1. The summed E-state index contributed by atoms with van der Waals surface area (Å²) in [5.41, 5.74) is -1.21. The first-order valence-corrected chi connectivity index (χ1v) is 3.51. The predicted molar refractivity (Wildman–Crippen MR) is 38.0 cm³/mol. The molecule has 0 aromatic carbocycles. The van der Waals surface area contributed by atoms with Crippen LogP contribution in [0.15, 0.2) is 0 Å². The lowest BCUT2D eigenvalue weighted by molar-refractivity contribution is -0.152. The Balaban J connectivity index is 2.88. The number of hydrogen-bond acceptors (Lipinski definition) is 2. The molecule has 1 aliphatic rings. The van der Waals surface area contributed by atoms with E-state index in [-0.39, 0.29) is 11.9 Å². The van der Waals surface area contributed by atoms with Gasteiger partial charge in [-0.05, 0) is 20.3 Å². The van der Waals surface area contributed by atoms with Gasteiger partial charge in [-0.25, -0.2) is 0 Å². The molecule has 0 saturated carbocycles. The van der Waals surface area contributed by atoms with Crippen LogP contribution in [0.5, 0.6) is 0 Å². The summed E-state index contributed by atoms with van der Waals surface area (Å²) in [5, 5.41) is 11.3. The van der Waals surface area contributed by atoms with Crippen molar-refractivity contribution in [1.29, 1.82) is 0 Å². The normalized spacial score (nSPS) is 36.9. The molecule has 1 heterocycles. The first-order valence-electron chi connectivity index (χ1n) is 3.51. The van der Waals surface area contributed by atoms with Gasteiger partial charge < -0.3 is 10.4 Å². The van der Waals surface area contributed by atoms with Crippen LogP contribution in [-0.4, -0.2) is 23.0 Å². The van der Waals surface area contributed by atoms with Crippen LogP contribution < -0.4 is 5.32 Å². The van der Waals surface area contributed by atoms with Crippen molar-refractivity contribution in [2.75, 3.05) is 0 Å². The monoisotopic (exact) mass is 157 g/mol. The van der Waals surface area contributed by atoms with E-state index in [1.54, 1.807) is 6.92 Å². The summed E-state index contributed by atoms with van der Waals surface area (Å²) in [4.78, 5) is 21.7. The highest BCUT2D eigenvalue weighted by Crippen LogP contribution is 2.29. The van der Waals surface area contributed by atoms with E-state index in [1.807, 2.05) is 0 Å². The first kappa shape index (κ1) is 8.04. The number of nitrogens with one attached hydrogen (secondary N) is 1. The van der Waals surface area contributed by atoms with Gasteiger partial charge in [0.05, 0.1) is 0 Å². The summed E-state index contributed by atoms with van der Waals surface area (Å²) >= 11 is 0. The zero-order valence-electron chi connectivity index (χ0n) is 6.55. The van der Waals surface area contributed by atoms with E-state index in [0.29, 0.717) is 6.42 Å². The van der Waals surface area contributed by atoms with Crippen molar-refractivity contribution in [2.45, 2.75) is 26.3 Å². The van der Waals surface area contributed by atoms with E-state index < -0.39 is 11.4 Å². The molecule has 0 aromatic rings. The molecule has 1 saturated heterocycles. The number of carbonyl (C=O) groups is 2. The van der Waals surface area contributed by atoms with Crippen LogP contribution in [0, 0.1) is 5.41 Å². The maximum absolute atomic E-state index is 11.1. The highest BCUT2D eigenvalue weighted by atomic mass is 16.4. The molecular formula is C7H11NO3. The van der Waals surface area contributed by atoms with E-state index in [2.05, 4.69) is 5.32 Å². The minimum Gasteiger partial charge on any atom is -0.480 e. The summed E-state index contributed by atoms with van der Waals surface area (Å²) in [6.07, 6.45) is 0.376. The van der Waals surface area contributed by atoms with Crippen molar-refractivity contribution in [3.63, 3.8) is 0 Å². The van der Waals surface area contributed by atoms with E-state index in [1.165, 1.54) is 6.92 Å². The van der Waals surface area contributed by atoms with Crippen LogP contribution in [0.2, 0.25) is 0 Å². The van der Waals surface area contributed by atoms with Gasteiger partial charge in [-0.2, -0.15) is 0 Å². The van der Waals surface area contributed by atoms with Crippen LogP contribution in [-0.2, 0) is 9.59 Å². The Hall–Kier alpha value is -1.06. The van der Waals surface area contributed by atoms with E-state index in [4.69, 9.17) is 5.11 Å². The highest BCUT2D eigenvalue weighted by molar-refractivity contribution is 6.03. The second-order valence-electron chi connectivity index (χ2n) is 3.22. The Kier molecular flexibility index (Phi) is 1.62. The van der Waals surface area contributed by atoms with Crippen molar-refractivity contribution in [3.05, 3.63) is 0 Å². The fourth-order valence-corrected chi connectivity index (χ4v) is 1.32. The molecule has 4 heteroatoms. The fraction of sp³-hybridized carbons (Fsp3) is 0.714. The Bertz CT molecular complexity index is 214. The van der Waals surface area contributed by atoms with Gasteiger partial charge in [-0.1, -0.05) is 0 Å². The topological polar surface area (TPSA) is 66.4 Å². The van der Waals surface area contributed by atoms with Crippen LogP contribution in [0.25, 0.3) is 0 Å². The molecule has 2 atom stereocenters. The van der Waals surface area contributed by atoms with Gasteiger partial charge in [0.2, 0.25) is 5.91 Å². The van der Waals surface area contributed by atoms with Gasteiger partial charge >= 0.3 is 5.97 Å². The van der Waals surface area contributed by atoms with Crippen molar-refractivity contribution in [1.82, 2.24) is 5.32 Å². The first-order chi connectivity index (χ1) is 4.97. The lowest BCUT2D eigenvalue weighted by Crippen LogP contribution is -2.35. The molecule has 1 fully saturated rings. The van der Waals surface area contributed by atoms with Crippen molar-refractivity contribution >= 4 is 11.9 Å². The average molecular weight is 157 g/mol. The third-order valence-corrected chi connectivity index (χ3v) is 2.07. The van der Waals surface area contributed by atoms with Gasteiger partial charge in [-0.3, -0.25) is 9.59 Å². The third kappa shape index (κ3) is 1.08. The minimum atomic E-state index is -1.21. The molecular weight excluding hydrogens is 146 g/mol. The molecule has 11 heavy (non-hydrogen) atoms. The Morgan fingerprint density at radius 1 is 1.82 bits per heavy atom. The molecule has 0 spiro atoms. The van der Waals surface area contributed by atoms with Gasteiger partial charge in [0.25, 0.3) is 0 Å². The fourth-order valence-electron chi connectivity index (χ4n) is 1.32. The molecule has 4 nitrogen and oxygen atoms in total. The third-order valence-electron chi connectivity index (χ3n) is 2.07. The number of hydrogen-bond donors (Lipinski definition) is 2. The van der Waals surface area contributed by atoms with Crippen LogP contribution in [0.4, 0.5) is 0 Å². The molecule has 0 aliphatic carbocycles. The van der Waals surface area contributed by atoms with E-state index >= 15 is 0 Å². The van der Waals surface area contributed by atoms with E-state index in [9.17, 15) is 9.59 Å². The van der Waals surface area contributed by atoms with Gasteiger partial charge in [-0.15, -0.1) is 0 Å². The summed E-state index contributed by atoms with van der Waals surface area (Å²) < 4.78 is 0. The lowest BCUT2D eigenvalue weighted by Gasteiger charge is -2.12. The van der Waals surface area contributed by atoms with Crippen molar-refractivity contribution in [2.24, 2.45) is 5.41 Å². The maximum atomic E-state index is 11.1. The average Bonchev–Trinajstić information content (AvgIpc) is 2.08. The SMILES string of the molecule is CC1CC(C)(C(=O)O)C(=O)N1. The zero-order valence-corrected chi connectivity index (χ0v) is 6.55. The summed E-state index contributed by atoms with van der Waals surface area (Å²) in [5.74, 6) is -1.42. The van der Waals surface area contributed by atoms with E-state index in [0.717, 1.165) is 0 Å². The largest absolute Gasteiger partial charge is 0.480 e. The summed E-state index contributed by atoms with van der Waals surface area (Å²) in [6.45, 7) is 3.25. The Morgan fingerprint density at radius 2 is 2.36 bits per heavy atom. The van der Waals surface area contributed by atoms with Crippen molar-refractivity contribution in [3.8, 4) is 0 Å². The Labute approximate surface area is 64.6 Å². The molecule has 0 radical (unpaired) electrons.